The van der Waals surface area contributed by atoms with Crippen molar-refractivity contribution in [3.05, 3.63) is 58.9 Å². The Morgan fingerprint density at radius 1 is 1.18 bits per heavy atom. The zero-order chi connectivity index (χ0) is 12.4. The molecule has 0 unspecified atom stereocenters. The van der Waals surface area contributed by atoms with Crippen LogP contribution in [0.15, 0.2) is 36.4 Å². The summed E-state index contributed by atoms with van der Waals surface area (Å²) in [6.45, 7) is 2.05. The molecule has 17 heavy (non-hydrogen) atoms. The van der Waals surface area contributed by atoms with Gasteiger partial charge in [0.05, 0.1) is 0 Å². The molecule has 2 rings (SSSR count). The van der Waals surface area contributed by atoms with Gasteiger partial charge in [0, 0.05) is 19.2 Å². The van der Waals surface area contributed by atoms with E-state index < -0.39 is 5.97 Å². The molecule has 1 N–H and O–H groups in total. The molecule has 1 heterocycles. The maximum atomic E-state index is 10.9. The van der Waals surface area contributed by atoms with E-state index in [9.17, 15) is 4.79 Å². The summed E-state index contributed by atoms with van der Waals surface area (Å²) in [5, 5.41) is 8.96. The topological polar surface area (TPSA) is 42.2 Å². The third kappa shape index (κ3) is 2.38. The third-order valence-electron chi connectivity index (χ3n) is 2.95. The van der Waals surface area contributed by atoms with Crippen molar-refractivity contribution in [2.45, 2.75) is 13.3 Å². The molecule has 2 aromatic rings. The highest BCUT2D eigenvalue weighted by atomic mass is 16.4. The van der Waals surface area contributed by atoms with Gasteiger partial charge in [0.15, 0.2) is 0 Å². The maximum absolute atomic E-state index is 10.9. The van der Waals surface area contributed by atoms with Gasteiger partial charge < -0.3 is 9.67 Å². The van der Waals surface area contributed by atoms with Gasteiger partial charge in [-0.3, -0.25) is 0 Å². The highest BCUT2D eigenvalue weighted by Crippen LogP contribution is 2.13. The van der Waals surface area contributed by atoms with Gasteiger partial charge >= 0.3 is 5.97 Å². The van der Waals surface area contributed by atoms with Crippen molar-refractivity contribution in [3.8, 4) is 0 Å². The molecule has 0 aliphatic heterocycles. The zero-order valence-corrected chi connectivity index (χ0v) is 9.97. The Kier molecular flexibility index (Phi) is 3.00. The van der Waals surface area contributed by atoms with Crippen molar-refractivity contribution in [2.24, 2.45) is 7.05 Å². The van der Waals surface area contributed by atoms with Crippen LogP contribution in [-0.4, -0.2) is 15.6 Å². The number of carbonyl (C=O) groups is 1. The summed E-state index contributed by atoms with van der Waals surface area (Å²) < 4.78 is 1.72. The first-order valence-electron chi connectivity index (χ1n) is 5.51. The number of aromatic nitrogens is 1. The quantitative estimate of drug-likeness (QED) is 0.879. The first-order chi connectivity index (χ1) is 8.08. The molecule has 0 radical (unpaired) electrons. The third-order valence-corrected chi connectivity index (χ3v) is 2.95. The predicted octanol–water partition coefficient (Wildman–Crippen LogP) is 2.62. The first-order valence-corrected chi connectivity index (χ1v) is 5.51. The molecule has 88 valence electrons. The highest BCUT2D eigenvalue weighted by molar-refractivity contribution is 5.86. The number of nitrogens with zero attached hydrogens (tertiary/aromatic N) is 1. The molecule has 1 aromatic carbocycles. The fourth-order valence-corrected chi connectivity index (χ4v) is 1.86. The largest absolute Gasteiger partial charge is 0.477 e. The van der Waals surface area contributed by atoms with E-state index in [0.29, 0.717) is 5.69 Å². The van der Waals surface area contributed by atoms with Crippen LogP contribution in [0.3, 0.4) is 0 Å². The van der Waals surface area contributed by atoms with Gasteiger partial charge in [0.1, 0.15) is 5.69 Å². The summed E-state index contributed by atoms with van der Waals surface area (Å²) >= 11 is 0. The van der Waals surface area contributed by atoms with Crippen molar-refractivity contribution in [1.82, 2.24) is 4.57 Å². The number of rotatable bonds is 3. The van der Waals surface area contributed by atoms with E-state index in [1.165, 1.54) is 11.1 Å². The van der Waals surface area contributed by atoms with E-state index in [-0.39, 0.29) is 0 Å². The van der Waals surface area contributed by atoms with Crippen LogP contribution in [0.4, 0.5) is 0 Å². The summed E-state index contributed by atoms with van der Waals surface area (Å²) in [5.74, 6) is -0.886. The normalized spacial score (nSPS) is 10.5. The van der Waals surface area contributed by atoms with Crippen molar-refractivity contribution in [3.63, 3.8) is 0 Å². The van der Waals surface area contributed by atoms with Gasteiger partial charge in [-0.2, -0.15) is 0 Å². The zero-order valence-electron chi connectivity index (χ0n) is 9.97. The average Bonchev–Trinajstić information content (AvgIpc) is 2.64. The minimum atomic E-state index is -0.886. The van der Waals surface area contributed by atoms with Crippen molar-refractivity contribution >= 4 is 5.97 Å². The molecule has 0 saturated carbocycles. The molecular formula is C14H15NO2. The molecule has 0 aliphatic carbocycles. The van der Waals surface area contributed by atoms with Crippen LogP contribution in [0.25, 0.3) is 0 Å². The van der Waals surface area contributed by atoms with Crippen LogP contribution in [0.5, 0.6) is 0 Å². The molecule has 0 amide bonds. The first kappa shape index (κ1) is 11.5. The monoisotopic (exact) mass is 229 g/mol. The summed E-state index contributed by atoms with van der Waals surface area (Å²) in [7, 11) is 1.78. The lowest BCUT2D eigenvalue weighted by molar-refractivity contribution is 0.0686. The van der Waals surface area contributed by atoms with Gasteiger partial charge in [0.25, 0.3) is 0 Å². The lowest BCUT2D eigenvalue weighted by atomic mass is 10.1. The highest BCUT2D eigenvalue weighted by Gasteiger charge is 2.10. The number of carboxylic acids is 1. The van der Waals surface area contributed by atoms with Crippen LogP contribution in [-0.2, 0) is 13.5 Å². The Labute approximate surface area is 100 Å². The SMILES string of the molecule is Cc1ccc(Cc2ccc(C(=O)O)n2C)cc1. The molecule has 1 aromatic heterocycles. The van der Waals surface area contributed by atoms with Crippen LogP contribution in [0.2, 0.25) is 0 Å². The Morgan fingerprint density at radius 3 is 2.35 bits per heavy atom. The smallest absolute Gasteiger partial charge is 0.352 e. The maximum Gasteiger partial charge on any atom is 0.352 e. The van der Waals surface area contributed by atoms with Gasteiger partial charge in [0.2, 0.25) is 0 Å². The minimum Gasteiger partial charge on any atom is -0.477 e. The standard InChI is InChI=1S/C14H15NO2/c1-10-3-5-11(6-4-10)9-12-7-8-13(14(16)17)15(12)2/h3-8H,9H2,1-2H3,(H,16,17). The Bertz CT molecular complexity index is 538. The van der Waals surface area contributed by atoms with Crippen molar-refractivity contribution in [1.29, 1.82) is 0 Å². The van der Waals surface area contributed by atoms with E-state index in [0.717, 1.165) is 12.1 Å². The summed E-state index contributed by atoms with van der Waals surface area (Å²) in [6.07, 6.45) is 0.754. The van der Waals surface area contributed by atoms with Gasteiger partial charge in [-0.25, -0.2) is 4.79 Å². The fraction of sp³-hybridized carbons (Fsp3) is 0.214. The van der Waals surface area contributed by atoms with Crippen LogP contribution in [0.1, 0.15) is 27.3 Å². The fourth-order valence-electron chi connectivity index (χ4n) is 1.86. The summed E-state index contributed by atoms with van der Waals surface area (Å²) in [6, 6.07) is 11.8. The number of aryl methyl sites for hydroxylation is 1. The van der Waals surface area contributed by atoms with E-state index in [2.05, 4.69) is 31.2 Å². The van der Waals surface area contributed by atoms with Gasteiger partial charge in [-0.15, -0.1) is 0 Å². The summed E-state index contributed by atoms with van der Waals surface area (Å²) in [4.78, 5) is 10.9. The molecule has 3 nitrogen and oxygen atoms in total. The van der Waals surface area contributed by atoms with Gasteiger partial charge in [-0.05, 0) is 24.6 Å². The molecular weight excluding hydrogens is 214 g/mol. The minimum absolute atomic E-state index is 0.326. The number of aromatic carboxylic acids is 1. The van der Waals surface area contributed by atoms with E-state index >= 15 is 0 Å². The second-order valence-corrected chi connectivity index (χ2v) is 4.24. The van der Waals surface area contributed by atoms with Crippen molar-refractivity contribution in [2.75, 3.05) is 0 Å². The van der Waals surface area contributed by atoms with E-state index in [4.69, 9.17) is 5.11 Å². The molecule has 0 aliphatic rings. The molecule has 0 bridgehead atoms. The number of carboxylic acid groups (broad SMARTS) is 1. The molecule has 0 fully saturated rings. The van der Waals surface area contributed by atoms with Crippen molar-refractivity contribution < 1.29 is 9.90 Å². The predicted molar refractivity (Wildman–Crippen MR) is 66.4 cm³/mol. The lowest BCUT2D eigenvalue weighted by Crippen LogP contribution is -2.07. The van der Waals surface area contributed by atoms with Crippen LogP contribution >= 0.6 is 0 Å². The Morgan fingerprint density at radius 2 is 1.82 bits per heavy atom. The number of hydrogen-bond acceptors (Lipinski definition) is 1. The molecule has 0 spiro atoms. The lowest BCUT2D eigenvalue weighted by Gasteiger charge is -2.05. The van der Waals surface area contributed by atoms with Crippen LogP contribution in [0, 0.1) is 6.92 Å². The number of hydrogen-bond donors (Lipinski definition) is 1. The molecule has 0 saturated heterocycles. The molecule has 3 heteroatoms. The van der Waals surface area contributed by atoms with E-state index in [1.807, 2.05) is 6.07 Å². The van der Waals surface area contributed by atoms with Crippen LogP contribution < -0.4 is 0 Å². The average molecular weight is 229 g/mol. The Balaban J connectivity index is 2.24. The van der Waals surface area contributed by atoms with Gasteiger partial charge in [-0.1, -0.05) is 29.8 Å². The number of benzene rings is 1. The summed E-state index contributed by atoms with van der Waals surface area (Å²) in [5.41, 5.74) is 3.75. The van der Waals surface area contributed by atoms with E-state index in [1.54, 1.807) is 17.7 Å². The molecule has 0 atom stereocenters. The second-order valence-electron chi connectivity index (χ2n) is 4.24. The second kappa shape index (κ2) is 4.45. The Hall–Kier alpha value is -2.03.